The van der Waals surface area contributed by atoms with Gasteiger partial charge >= 0.3 is 5.97 Å². The third kappa shape index (κ3) is 3.68. The van der Waals surface area contributed by atoms with Gasteiger partial charge in [-0.05, 0) is 30.7 Å². The molecule has 2 rings (SSSR count). The van der Waals surface area contributed by atoms with E-state index < -0.39 is 5.97 Å². The summed E-state index contributed by atoms with van der Waals surface area (Å²) in [6.45, 7) is 2.05. The highest BCUT2D eigenvalue weighted by atomic mass is 35.5. The van der Waals surface area contributed by atoms with Crippen LogP contribution in [0.4, 0.5) is 0 Å². The predicted octanol–water partition coefficient (Wildman–Crippen LogP) is 3.46. The molecule has 1 aromatic heterocycles. The van der Waals surface area contributed by atoms with Crippen LogP contribution < -0.4 is 0 Å². The average molecular weight is 295 g/mol. The van der Waals surface area contributed by atoms with E-state index in [1.807, 2.05) is 30.3 Å². The van der Waals surface area contributed by atoms with Crippen molar-refractivity contribution in [2.75, 3.05) is 6.61 Å². The number of halogens is 1. The lowest BCUT2D eigenvalue weighted by Crippen LogP contribution is -2.08. The summed E-state index contributed by atoms with van der Waals surface area (Å²) in [4.78, 5) is 20.7. The zero-order valence-corrected chi connectivity index (χ0v) is 11.7. The molecule has 0 aliphatic rings. The second-order valence-electron chi connectivity index (χ2n) is 3.49. The summed E-state index contributed by atoms with van der Waals surface area (Å²) in [5.41, 5.74) is 0.320. The van der Waals surface area contributed by atoms with Crippen molar-refractivity contribution in [1.29, 1.82) is 0 Å². The summed E-state index contributed by atoms with van der Waals surface area (Å²) in [5.74, 6) is -0.447. The van der Waals surface area contributed by atoms with Gasteiger partial charge in [0.05, 0.1) is 6.61 Å². The normalized spacial score (nSPS) is 10.2. The summed E-state index contributed by atoms with van der Waals surface area (Å²) in [7, 11) is 0. The van der Waals surface area contributed by atoms with Crippen molar-refractivity contribution >= 4 is 29.3 Å². The predicted molar refractivity (Wildman–Crippen MR) is 73.6 cm³/mol. The SMILES string of the molecule is CCOC(=O)c1cnc(Cl)nc1Sc1ccccc1. The van der Waals surface area contributed by atoms with Crippen molar-refractivity contribution in [1.82, 2.24) is 9.97 Å². The molecule has 1 aromatic carbocycles. The molecule has 0 aliphatic carbocycles. The Labute approximate surface area is 120 Å². The molecule has 0 saturated heterocycles. The largest absolute Gasteiger partial charge is 0.462 e. The van der Waals surface area contributed by atoms with Crippen LogP contribution >= 0.6 is 23.4 Å². The van der Waals surface area contributed by atoms with Gasteiger partial charge in [0.1, 0.15) is 10.6 Å². The number of hydrogen-bond donors (Lipinski definition) is 0. The molecule has 98 valence electrons. The molecule has 0 fully saturated rings. The Kier molecular flexibility index (Phi) is 4.76. The Hall–Kier alpha value is -1.59. The first-order valence-corrected chi connectivity index (χ1v) is 6.82. The van der Waals surface area contributed by atoms with Crippen molar-refractivity contribution < 1.29 is 9.53 Å². The lowest BCUT2D eigenvalue weighted by molar-refractivity contribution is 0.0520. The number of ether oxygens (including phenoxy) is 1. The van der Waals surface area contributed by atoms with Gasteiger partial charge in [-0.2, -0.15) is 0 Å². The quantitative estimate of drug-likeness (QED) is 0.491. The Bertz CT molecular complexity index is 578. The minimum atomic E-state index is -0.447. The molecular weight excluding hydrogens is 284 g/mol. The van der Waals surface area contributed by atoms with Gasteiger partial charge in [-0.3, -0.25) is 0 Å². The molecule has 0 radical (unpaired) electrons. The summed E-state index contributed by atoms with van der Waals surface area (Å²) < 4.78 is 4.97. The van der Waals surface area contributed by atoms with Crippen LogP contribution in [0.25, 0.3) is 0 Å². The minimum Gasteiger partial charge on any atom is -0.462 e. The number of carbonyl (C=O) groups excluding carboxylic acids is 1. The summed E-state index contributed by atoms with van der Waals surface area (Å²) in [5, 5.41) is 0.594. The molecule has 0 bridgehead atoms. The maximum atomic E-state index is 11.8. The van der Waals surface area contributed by atoms with Gasteiger partial charge < -0.3 is 4.74 Å². The number of carbonyl (C=O) groups is 1. The Balaban J connectivity index is 2.32. The van der Waals surface area contributed by atoms with Crippen LogP contribution in [0.3, 0.4) is 0 Å². The summed E-state index contributed by atoms with van der Waals surface area (Å²) in [6.07, 6.45) is 1.39. The molecular formula is C13H11ClN2O2S. The van der Waals surface area contributed by atoms with Crippen molar-refractivity contribution in [2.45, 2.75) is 16.8 Å². The molecule has 0 spiro atoms. The molecule has 6 heteroatoms. The van der Waals surface area contributed by atoms with E-state index in [2.05, 4.69) is 9.97 Å². The molecule has 0 unspecified atom stereocenters. The van der Waals surface area contributed by atoms with Crippen molar-refractivity contribution in [2.24, 2.45) is 0 Å². The molecule has 2 aromatic rings. The number of esters is 1. The van der Waals surface area contributed by atoms with E-state index in [1.54, 1.807) is 6.92 Å². The first-order valence-electron chi connectivity index (χ1n) is 5.63. The number of nitrogens with zero attached hydrogens (tertiary/aromatic N) is 2. The van der Waals surface area contributed by atoms with Gasteiger partial charge in [-0.15, -0.1) is 0 Å². The Morgan fingerprint density at radius 3 is 2.79 bits per heavy atom. The zero-order valence-electron chi connectivity index (χ0n) is 10.2. The zero-order chi connectivity index (χ0) is 13.7. The summed E-state index contributed by atoms with van der Waals surface area (Å²) in [6, 6.07) is 9.60. The molecule has 0 amide bonds. The number of hydrogen-bond acceptors (Lipinski definition) is 5. The van der Waals surface area contributed by atoms with Gasteiger partial charge in [0.15, 0.2) is 0 Å². The number of benzene rings is 1. The van der Waals surface area contributed by atoms with Crippen LogP contribution in [0.5, 0.6) is 0 Å². The second kappa shape index (κ2) is 6.54. The van der Waals surface area contributed by atoms with Crippen LogP contribution in [-0.2, 0) is 4.74 Å². The highest BCUT2D eigenvalue weighted by Gasteiger charge is 2.16. The van der Waals surface area contributed by atoms with E-state index in [1.165, 1.54) is 18.0 Å². The average Bonchev–Trinajstić information content (AvgIpc) is 2.40. The van der Waals surface area contributed by atoms with Gasteiger partial charge in [0.25, 0.3) is 0 Å². The van der Waals surface area contributed by atoms with Crippen LogP contribution in [0, 0.1) is 0 Å². The van der Waals surface area contributed by atoms with Gasteiger partial charge in [-0.1, -0.05) is 30.0 Å². The first kappa shape index (κ1) is 13.8. The molecule has 19 heavy (non-hydrogen) atoms. The fourth-order valence-electron chi connectivity index (χ4n) is 1.37. The Morgan fingerprint density at radius 2 is 2.11 bits per heavy atom. The van der Waals surface area contributed by atoms with E-state index in [-0.39, 0.29) is 5.28 Å². The monoisotopic (exact) mass is 294 g/mol. The first-order chi connectivity index (χ1) is 9.20. The molecule has 0 saturated carbocycles. The fraction of sp³-hybridized carbons (Fsp3) is 0.154. The van der Waals surface area contributed by atoms with Crippen LogP contribution in [0.2, 0.25) is 5.28 Å². The van der Waals surface area contributed by atoms with E-state index in [0.29, 0.717) is 17.2 Å². The lowest BCUT2D eigenvalue weighted by atomic mass is 10.3. The van der Waals surface area contributed by atoms with Crippen molar-refractivity contribution in [3.8, 4) is 0 Å². The Morgan fingerprint density at radius 1 is 1.37 bits per heavy atom. The van der Waals surface area contributed by atoms with Crippen molar-refractivity contribution in [3.05, 3.63) is 47.4 Å². The van der Waals surface area contributed by atoms with Crippen LogP contribution in [0.1, 0.15) is 17.3 Å². The summed E-state index contributed by atoms with van der Waals surface area (Å²) >= 11 is 7.12. The van der Waals surface area contributed by atoms with Gasteiger partial charge in [0, 0.05) is 11.1 Å². The maximum absolute atomic E-state index is 11.8. The number of aromatic nitrogens is 2. The minimum absolute atomic E-state index is 0.103. The van der Waals surface area contributed by atoms with E-state index >= 15 is 0 Å². The highest BCUT2D eigenvalue weighted by Crippen LogP contribution is 2.29. The second-order valence-corrected chi connectivity index (χ2v) is 4.89. The van der Waals surface area contributed by atoms with Crippen LogP contribution in [-0.4, -0.2) is 22.5 Å². The van der Waals surface area contributed by atoms with E-state index in [4.69, 9.17) is 16.3 Å². The molecule has 4 nitrogen and oxygen atoms in total. The molecule has 0 aliphatic heterocycles. The lowest BCUT2D eigenvalue weighted by Gasteiger charge is -2.07. The topological polar surface area (TPSA) is 52.1 Å². The third-order valence-electron chi connectivity index (χ3n) is 2.18. The number of rotatable bonds is 4. The maximum Gasteiger partial charge on any atom is 0.342 e. The van der Waals surface area contributed by atoms with Gasteiger partial charge in [-0.25, -0.2) is 14.8 Å². The highest BCUT2D eigenvalue weighted by molar-refractivity contribution is 7.99. The van der Waals surface area contributed by atoms with E-state index in [0.717, 1.165) is 4.90 Å². The van der Waals surface area contributed by atoms with Gasteiger partial charge in [0.2, 0.25) is 5.28 Å². The van der Waals surface area contributed by atoms with E-state index in [9.17, 15) is 4.79 Å². The molecule has 0 N–H and O–H groups in total. The smallest absolute Gasteiger partial charge is 0.342 e. The van der Waals surface area contributed by atoms with Crippen LogP contribution in [0.15, 0.2) is 46.5 Å². The standard InChI is InChI=1S/C13H11ClN2O2S/c1-2-18-12(17)10-8-15-13(14)16-11(10)19-9-6-4-3-5-7-9/h3-8H,2H2,1H3. The third-order valence-corrected chi connectivity index (χ3v) is 3.37. The fourth-order valence-corrected chi connectivity index (χ4v) is 2.45. The molecule has 0 atom stereocenters. The molecule has 1 heterocycles. The van der Waals surface area contributed by atoms with Crippen molar-refractivity contribution in [3.63, 3.8) is 0 Å².